The Hall–Kier alpha value is -1.94. The Kier molecular flexibility index (Phi) is 4.15. The molecule has 1 atom stereocenters. The SMILES string of the molecule is CNCc1cnc(N2CCC(c3ccccc3)C2)nc1C. The monoisotopic (exact) mass is 282 g/mol. The van der Waals surface area contributed by atoms with Gasteiger partial charge >= 0.3 is 0 Å². The standard InChI is InChI=1S/C17H22N4/c1-13-16(10-18-2)11-19-17(20-13)21-9-8-15(12-21)14-6-4-3-5-7-14/h3-7,11,15,18H,8-10,12H2,1-2H3. The van der Waals surface area contributed by atoms with Gasteiger partial charge in [0.1, 0.15) is 0 Å². The van der Waals surface area contributed by atoms with E-state index >= 15 is 0 Å². The van der Waals surface area contributed by atoms with E-state index in [2.05, 4.69) is 57.4 Å². The molecule has 1 fully saturated rings. The zero-order chi connectivity index (χ0) is 14.7. The molecule has 1 aliphatic rings. The Morgan fingerprint density at radius 1 is 1.29 bits per heavy atom. The second-order valence-corrected chi connectivity index (χ2v) is 5.65. The van der Waals surface area contributed by atoms with Gasteiger partial charge in [-0.1, -0.05) is 30.3 Å². The third-order valence-corrected chi connectivity index (χ3v) is 4.18. The lowest BCUT2D eigenvalue weighted by molar-refractivity contribution is 0.768. The van der Waals surface area contributed by atoms with Crippen molar-refractivity contribution >= 4 is 5.95 Å². The molecule has 1 aromatic carbocycles. The summed E-state index contributed by atoms with van der Waals surface area (Å²) in [5.41, 5.74) is 3.65. The van der Waals surface area contributed by atoms with Crippen LogP contribution in [0.5, 0.6) is 0 Å². The van der Waals surface area contributed by atoms with Crippen LogP contribution in [0.15, 0.2) is 36.5 Å². The molecule has 1 N–H and O–H groups in total. The predicted molar refractivity (Wildman–Crippen MR) is 85.5 cm³/mol. The van der Waals surface area contributed by atoms with Gasteiger partial charge in [0.15, 0.2) is 0 Å². The number of anilines is 1. The second-order valence-electron chi connectivity index (χ2n) is 5.65. The normalized spacial score (nSPS) is 18.2. The van der Waals surface area contributed by atoms with Gasteiger partial charge in [0.25, 0.3) is 0 Å². The summed E-state index contributed by atoms with van der Waals surface area (Å²) in [7, 11) is 1.94. The Balaban J connectivity index is 1.73. The van der Waals surface area contributed by atoms with Gasteiger partial charge in [-0.3, -0.25) is 0 Å². The van der Waals surface area contributed by atoms with Gasteiger partial charge in [-0.15, -0.1) is 0 Å². The van der Waals surface area contributed by atoms with E-state index in [9.17, 15) is 0 Å². The number of hydrogen-bond acceptors (Lipinski definition) is 4. The van der Waals surface area contributed by atoms with E-state index in [0.717, 1.165) is 31.3 Å². The lowest BCUT2D eigenvalue weighted by Gasteiger charge is -2.17. The molecule has 0 aliphatic carbocycles. The molecule has 2 heterocycles. The molecule has 0 radical (unpaired) electrons. The van der Waals surface area contributed by atoms with Gasteiger partial charge in [0.2, 0.25) is 5.95 Å². The third kappa shape index (κ3) is 3.05. The molecular formula is C17H22N4. The minimum atomic E-state index is 0.590. The quantitative estimate of drug-likeness (QED) is 0.935. The zero-order valence-electron chi connectivity index (χ0n) is 12.7. The zero-order valence-corrected chi connectivity index (χ0v) is 12.7. The van der Waals surface area contributed by atoms with Crippen molar-refractivity contribution in [3.63, 3.8) is 0 Å². The van der Waals surface area contributed by atoms with Crippen LogP contribution in [0, 0.1) is 6.92 Å². The fraction of sp³-hybridized carbons (Fsp3) is 0.412. The smallest absolute Gasteiger partial charge is 0.225 e. The molecule has 1 aromatic heterocycles. The maximum atomic E-state index is 4.68. The van der Waals surface area contributed by atoms with Gasteiger partial charge < -0.3 is 10.2 Å². The summed E-state index contributed by atoms with van der Waals surface area (Å²) in [5.74, 6) is 1.46. The van der Waals surface area contributed by atoms with Crippen molar-refractivity contribution in [3.05, 3.63) is 53.3 Å². The third-order valence-electron chi connectivity index (χ3n) is 4.18. The summed E-state index contributed by atoms with van der Waals surface area (Å²) in [6.45, 7) is 4.92. The fourth-order valence-corrected chi connectivity index (χ4v) is 2.94. The van der Waals surface area contributed by atoms with E-state index in [-0.39, 0.29) is 0 Å². The van der Waals surface area contributed by atoms with E-state index in [4.69, 9.17) is 0 Å². The molecule has 1 aliphatic heterocycles. The highest BCUT2D eigenvalue weighted by Gasteiger charge is 2.25. The lowest BCUT2D eigenvalue weighted by Crippen LogP contribution is -2.22. The van der Waals surface area contributed by atoms with E-state index < -0.39 is 0 Å². The fourth-order valence-electron chi connectivity index (χ4n) is 2.94. The van der Waals surface area contributed by atoms with E-state index in [0.29, 0.717) is 5.92 Å². The topological polar surface area (TPSA) is 41.1 Å². The molecule has 4 heteroatoms. The van der Waals surface area contributed by atoms with Crippen molar-refractivity contribution < 1.29 is 0 Å². The highest BCUT2D eigenvalue weighted by atomic mass is 15.3. The van der Waals surface area contributed by atoms with Gasteiger partial charge in [0, 0.05) is 43.0 Å². The van der Waals surface area contributed by atoms with Crippen LogP contribution in [0.2, 0.25) is 0 Å². The van der Waals surface area contributed by atoms with E-state index in [1.54, 1.807) is 0 Å². The molecule has 3 rings (SSSR count). The van der Waals surface area contributed by atoms with Crippen molar-refractivity contribution in [2.24, 2.45) is 0 Å². The first-order chi connectivity index (χ1) is 10.3. The van der Waals surface area contributed by atoms with Crippen molar-refractivity contribution in [2.75, 3.05) is 25.0 Å². The largest absolute Gasteiger partial charge is 0.340 e. The van der Waals surface area contributed by atoms with Crippen LogP contribution >= 0.6 is 0 Å². The number of rotatable bonds is 4. The van der Waals surface area contributed by atoms with Gasteiger partial charge in [-0.2, -0.15) is 0 Å². The minimum Gasteiger partial charge on any atom is -0.340 e. The van der Waals surface area contributed by atoms with Crippen LogP contribution in [0.25, 0.3) is 0 Å². The van der Waals surface area contributed by atoms with Crippen LogP contribution in [0.1, 0.15) is 29.2 Å². The molecule has 1 saturated heterocycles. The van der Waals surface area contributed by atoms with Crippen LogP contribution in [-0.2, 0) is 6.54 Å². The Labute approximate surface area is 126 Å². The molecule has 0 bridgehead atoms. The number of hydrogen-bond donors (Lipinski definition) is 1. The van der Waals surface area contributed by atoms with Crippen molar-refractivity contribution in [1.29, 1.82) is 0 Å². The summed E-state index contributed by atoms with van der Waals surface area (Å²) in [6.07, 6.45) is 3.12. The van der Waals surface area contributed by atoms with Crippen molar-refractivity contribution in [3.8, 4) is 0 Å². The predicted octanol–water partition coefficient (Wildman–Crippen LogP) is 2.50. The average molecular weight is 282 g/mol. The summed E-state index contributed by atoms with van der Waals surface area (Å²) in [4.78, 5) is 11.5. The molecule has 21 heavy (non-hydrogen) atoms. The molecular weight excluding hydrogens is 260 g/mol. The average Bonchev–Trinajstić information content (AvgIpc) is 3.00. The van der Waals surface area contributed by atoms with Crippen LogP contribution in [0.3, 0.4) is 0 Å². The van der Waals surface area contributed by atoms with Crippen LogP contribution < -0.4 is 10.2 Å². The summed E-state index contributed by atoms with van der Waals surface area (Å²) >= 11 is 0. The Bertz CT molecular complexity index is 597. The Morgan fingerprint density at radius 3 is 2.81 bits per heavy atom. The lowest BCUT2D eigenvalue weighted by atomic mass is 9.99. The van der Waals surface area contributed by atoms with Gasteiger partial charge in [0.05, 0.1) is 0 Å². The van der Waals surface area contributed by atoms with E-state index in [1.807, 2.05) is 13.2 Å². The maximum Gasteiger partial charge on any atom is 0.225 e. The molecule has 2 aromatic rings. The van der Waals surface area contributed by atoms with Crippen LogP contribution in [-0.4, -0.2) is 30.1 Å². The highest BCUT2D eigenvalue weighted by Crippen LogP contribution is 2.29. The molecule has 0 spiro atoms. The number of benzene rings is 1. The molecule has 0 amide bonds. The Morgan fingerprint density at radius 2 is 2.10 bits per heavy atom. The van der Waals surface area contributed by atoms with Crippen LogP contribution in [0.4, 0.5) is 5.95 Å². The molecule has 4 nitrogen and oxygen atoms in total. The van der Waals surface area contributed by atoms with E-state index in [1.165, 1.54) is 17.5 Å². The number of nitrogens with one attached hydrogen (secondary N) is 1. The first kappa shape index (κ1) is 14.0. The molecule has 1 unspecified atom stereocenters. The minimum absolute atomic E-state index is 0.590. The summed E-state index contributed by atoms with van der Waals surface area (Å²) in [5, 5.41) is 3.15. The molecule has 110 valence electrons. The highest BCUT2D eigenvalue weighted by molar-refractivity contribution is 5.37. The first-order valence-electron chi connectivity index (χ1n) is 7.55. The summed E-state index contributed by atoms with van der Waals surface area (Å²) < 4.78 is 0. The summed E-state index contributed by atoms with van der Waals surface area (Å²) in [6, 6.07) is 10.7. The maximum absolute atomic E-state index is 4.68. The molecule has 0 saturated carbocycles. The van der Waals surface area contributed by atoms with Gasteiger partial charge in [-0.05, 0) is 26.0 Å². The van der Waals surface area contributed by atoms with Crippen molar-refractivity contribution in [1.82, 2.24) is 15.3 Å². The number of nitrogens with zero attached hydrogens (tertiary/aromatic N) is 3. The van der Waals surface area contributed by atoms with Gasteiger partial charge in [-0.25, -0.2) is 9.97 Å². The number of aryl methyl sites for hydroxylation is 1. The van der Waals surface area contributed by atoms with Crippen molar-refractivity contribution in [2.45, 2.75) is 25.8 Å². The first-order valence-corrected chi connectivity index (χ1v) is 7.55. The number of aromatic nitrogens is 2. The second kappa shape index (κ2) is 6.22.